The maximum absolute atomic E-state index is 11.9. The molecule has 0 radical (unpaired) electrons. The Bertz CT molecular complexity index is 554. The molecule has 21 heavy (non-hydrogen) atoms. The third-order valence-electron chi connectivity index (χ3n) is 3.77. The molecule has 0 atom stereocenters. The van der Waals surface area contributed by atoms with Crippen LogP contribution in [0.3, 0.4) is 0 Å². The van der Waals surface area contributed by atoms with E-state index in [0.29, 0.717) is 24.4 Å². The summed E-state index contributed by atoms with van der Waals surface area (Å²) in [6.07, 6.45) is 2.67. The third kappa shape index (κ3) is 5.50. The van der Waals surface area contributed by atoms with Crippen molar-refractivity contribution in [2.24, 2.45) is 5.41 Å². The van der Waals surface area contributed by atoms with E-state index in [1.54, 1.807) is 12.1 Å². The van der Waals surface area contributed by atoms with Gasteiger partial charge >= 0.3 is 0 Å². The van der Waals surface area contributed by atoms with Gasteiger partial charge in [-0.3, -0.25) is 0 Å². The lowest BCUT2D eigenvalue weighted by atomic mass is 10.0. The Morgan fingerprint density at radius 2 is 1.95 bits per heavy atom. The highest BCUT2D eigenvalue weighted by atomic mass is 32.2. The van der Waals surface area contributed by atoms with Gasteiger partial charge in [0.25, 0.3) is 0 Å². The molecule has 1 saturated carbocycles. The molecule has 1 aliphatic carbocycles. The highest BCUT2D eigenvalue weighted by molar-refractivity contribution is 8.00. The number of sulfonamides is 1. The van der Waals surface area contributed by atoms with E-state index in [9.17, 15) is 8.42 Å². The zero-order valence-corrected chi connectivity index (χ0v) is 13.5. The Morgan fingerprint density at radius 1 is 1.29 bits per heavy atom. The van der Waals surface area contributed by atoms with E-state index in [2.05, 4.69) is 4.72 Å². The maximum atomic E-state index is 11.9. The normalized spacial score (nSPS) is 16.8. The number of aliphatic hydroxyl groups is 1. The second-order valence-electron chi connectivity index (χ2n) is 5.53. The van der Waals surface area contributed by atoms with Crippen molar-refractivity contribution < 1.29 is 13.5 Å². The Kier molecular flexibility index (Phi) is 5.54. The summed E-state index contributed by atoms with van der Waals surface area (Å²) in [4.78, 5) is 1.01. The molecule has 0 aliphatic heterocycles. The van der Waals surface area contributed by atoms with Crippen molar-refractivity contribution >= 4 is 27.5 Å². The molecule has 0 unspecified atom stereocenters. The summed E-state index contributed by atoms with van der Waals surface area (Å²) in [5.74, 6) is 0.601. The van der Waals surface area contributed by atoms with E-state index in [4.69, 9.17) is 10.8 Å². The standard InChI is InChI=1S/C14H22N2O3S2/c15-12-1-3-13(4-2-12)20-9-10-21(18,19)16-11-14(5-6-14)7-8-17/h1-4,16-17H,5-11,15H2. The Morgan fingerprint density at radius 3 is 2.52 bits per heavy atom. The van der Waals surface area contributed by atoms with Crippen molar-refractivity contribution in [2.45, 2.75) is 24.2 Å². The molecule has 0 aromatic heterocycles. The number of anilines is 1. The number of rotatable bonds is 9. The summed E-state index contributed by atoms with van der Waals surface area (Å²) >= 11 is 1.50. The van der Waals surface area contributed by atoms with Gasteiger partial charge in [-0.25, -0.2) is 13.1 Å². The van der Waals surface area contributed by atoms with Crippen LogP contribution >= 0.6 is 11.8 Å². The van der Waals surface area contributed by atoms with Gasteiger partial charge in [0, 0.05) is 29.5 Å². The van der Waals surface area contributed by atoms with Gasteiger partial charge in [-0.2, -0.15) is 0 Å². The van der Waals surface area contributed by atoms with E-state index < -0.39 is 10.0 Å². The van der Waals surface area contributed by atoms with E-state index in [-0.39, 0.29) is 17.8 Å². The van der Waals surface area contributed by atoms with E-state index in [0.717, 1.165) is 17.7 Å². The minimum Gasteiger partial charge on any atom is -0.399 e. The van der Waals surface area contributed by atoms with E-state index in [1.807, 2.05) is 12.1 Å². The molecule has 7 heteroatoms. The van der Waals surface area contributed by atoms with Crippen molar-refractivity contribution in [1.29, 1.82) is 0 Å². The minimum absolute atomic E-state index is 0.00587. The molecule has 4 N–H and O–H groups in total. The van der Waals surface area contributed by atoms with Crippen LogP contribution in [0.5, 0.6) is 0 Å². The quantitative estimate of drug-likeness (QED) is 0.471. The van der Waals surface area contributed by atoms with Crippen LogP contribution in [0.4, 0.5) is 5.69 Å². The predicted molar refractivity (Wildman–Crippen MR) is 86.7 cm³/mol. The second-order valence-corrected chi connectivity index (χ2v) is 8.63. The highest BCUT2D eigenvalue weighted by Crippen LogP contribution is 2.48. The van der Waals surface area contributed by atoms with Crippen LogP contribution in [0.25, 0.3) is 0 Å². The van der Waals surface area contributed by atoms with Gasteiger partial charge in [0.1, 0.15) is 0 Å². The Hall–Kier alpha value is -0.760. The summed E-state index contributed by atoms with van der Waals surface area (Å²) in [6.45, 7) is 0.567. The van der Waals surface area contributed by atoms with Gasteiger partial charge in [-0.15, -0.1) is 11.8 Å². The summed E-state index contributed by atoms with van der Waals surface area (Å²) < 4.78 is 26.6. The Labute approximate surface area is 130 Å². The zero-order chi connectivity index (χ0) is 15.3. The van der Waals surface area contributed by atoms with Crippen molar-refractivity contribution in [3.63, 3.8) is 0 Å². The van der Waals surface area contributed by atoms with E-state index >= 15 is 0 Å². The lowest BCUT2D eigenvalue weighted by molar-refractivity contribution is 0.249. The number of aliphatic hydroxyl groups excluding tert-OH is 1. The number of hydrogen-bond donors (Lipinski definition) is 3. The van der Waals surface area contributed by atoms with Gasteiger partial charge in [-0.1, -0.05) is 0 Å². The number of hydrogen-bond acceptors (Lipinski definition) is 5. The van der Waals surface area contributed by atoms with Crippen molar-refractivity contribution in [1.82, 2.24) is 4.72 Å². The lowest BCUT2D eigenvalue weighted by Gasteiger charge is -2.14. The first-order valence-corrected chi connectivity index (χ1v) is 9.65. The number of benzene rings is 1. The molecular formula is C14H22N2O3S2. The van der Waals surface area contributed by atoms with Crippen LogP contribution in [0.1, 0.15) is 19.3 Å². The monoisotopic (exact) mass is 330 g/mol. The second kappa shape index (κ2) is 7.00. The third-order valence-corrected chi connectivity index (χ3v) is 6.37. The van der Waals surface area contributed by atoms with Gasteiger partial charge in [0.15, 0.2) is 0 Å². The smallest absolute Gasteiger partial charge is 0.212 e. The SMILES string of the molecule is Nc1ccc(SCCS(=O)(=O)NCC2(CCO)CC2)cc1. The maximum Gasteiger partial charge on any atom is 0.212 e. The molecule has 1 aromatic carbocycles. The summed E-state index contributed by atoms with van der Waals surface area (Å²) in [6, 6.07) is 7.39. The van der Waals surface area contributed by atoms with E-state index in [1.165, 1.54) is 11.8 Å². The molecule has 1 fully saturated rings. The molecular weight excluding hydrogens is 308 g/mol. The van der Waals surface area contributed by atoms with Crippen LogP contribution < -0.4 is 10.5 Å². The molecule has 2 rings (SSSR count). The molecule has 0 spiro atoms. The van der Waals surface area contributed by atoms with Crippen LogP contribution in [0.2, 0.25) is 0 Å². The average molecular weight is 330 g/mol. The van der Waals surface area contributed by atoms with Gasteiger partial charge in [0.2, 0.25) is 10.0 Å². The Balaban J connectivity index is 1.72. The number of nitrogens with two attached hydrogens (primary N) is 1. The number of thioether (sulfide) groups is 1. The van der Waals surface area contributed by atoms with Crippen molar-refractivity contribution in [2.75, 3.05) is 30.4 Å². The fourth-order valence-electron chi connectivity index (χ4n) is 2.10. The molecule has 0 amide bonds. The zero-order valence-electron chi connectivity index (χ0n) is 11.9. The van der Waals surface area contributed by atoms with Crippen LogP contribution in [-0.4, -0.2) is 38.2 Å². The average Bonchev–Trinajstić information content (AvgIpc) is 3.20. The van der Waals surface area contributed by atoms with Crippen LogP contribution in [0, 0.1) is 5.41 Å². The van der Waals surface area contributed by atoms with Crippen LogP contribution in [-0.2, 0) is 10.0 Å². The lowest BCUT2D eigenvalue weighted by Crippen LogP contribution is -2.33. The van der Waals surface area contributed by atoms with Crippen molar-refractivity contribution in [3.05, 3.63) is 24.3 Å². The predicted octanol–water partition coefficient (Wildman–Crippen LogP) is 1.44. The largest absolute Gasteiger partial charge is 0.399 e. The van der Waals surface area contributed by atoms with Gasteiger partial charge in [0.05, 0.1) is 5.75 Å². The minimum atomic E-state index is -3.25. The topological polar surface area (TPSA) is 92.4 Å². The fourth-order valence-corrected chi connectivity index (χ4v) is 4.54. The van der Waals surface area contributed by atoms with Crippen molar-refractivity contribution in [3.8, 4) is 0 Å². The first-order valence-electron chi connectivity index (χ1n) is 7.01. The summed E-state index contributed by atoms with van der Waals surface area (Å²) in [5.41, 5.74) is 6.31. The fraction of sp³-hybridized carbons (Fsp3) is 0.571. The molecule has 1 aromatic rings. The van der Waals surface area contributed by atoms with Gasteiger partial charge in [-0.05, 0) is 48.9 Å². The highest BCUT2D eigenvalue weighted by Gasteiger charge is 2.42. The molecule has 1 aliphatic rings. The first-order chi connectivity index (χ1) is 9.95. The first kappa shape index (κ1) is 16.6. The molecule has 0 heterocycles. The summed E-state index contributed by atoms with van der Waals surface area (Å²) in [5, 5.41) is 8.97. The number of nitrogen functional groups attached to an aromatic ring is 1. The molecule has 118 valence electrons. The summed E-state index contributed by atoms with van der Waals surface area (Å²) in [7, 11) is -3.25. The van der Waals surface area contributed by atoms with Gasteiger partial charge < -0.3 is 10.8 Å². The number of nitrogens with one attached hydrogen (secondary N) is 1. The molecule has 5 nitrogen and oxygen atoms in total. The molecule has 0 bridgehead atoms. The van der Waals surface area contributed by atoms with Crippen LogP contribution in [0.15, 0.2) is 29.2 Å². The molecule has 0 saturated heterocycles.